The van der Waals surface area contributed by atoms with Gasteiger partial charge in [-0.25, -0.2) is 4.79 Å². The fourth-order valence-corrected chi connectivity index (χ4v) is 1.14. The number of methoxy groups -OCH3 is 1. The van der Waals surface area contributed by atoms with Crippen molar-refractivity contribution in [1.82, 2.24) is 0 Å². The number of esters is 1. The lowest BCUT2D eigenvalue weighted by atomic mass is 10.1. The van der Waals surface area contributed by atoms with Gasteiger partial charge in [-0.2, -0.15) is 0 Å². The van der Waals surface area contributed by atoms with Crippen LogP contribution >= 0.6 is 12.2 Å². The molecule has 0 radical (unpaired) electrons. The Morgan fingerprint density at radius 3 is 2.71 bits per heavy atom. The van der Waals surface area contributed by atoms with E-state index in [0.29, 0.717) is 4.86 Å². The van der Waals surface area contributed by atoms with Crippen molar-refractivity contribution in [3.05, 3.63) is 12.2 Å². The van der Waals surface area contributed by atoms with E-state index in [2.05, 4.69) is 9.73 Å². The van der Waals surface area contributed by atoms with Crippen LogP contribution in [0.25, 0.3) is 0 Å². The number of aliphatic imine (C=N–C) groups is 1. The third kappa shape index (κ3) is 2.02. The highest BCUT2D eigenvalue weighted by atomic mass is 32.1. The van der Waals surface area contributed by atoms with E-state index in [4.69, 9.17) is 18.0 Å². The Hall–Kier alpha value is -1.56. The van der Waals surface area contributed by atoms with Crippen LogP contribution in [0.2, 0.25) is 0 Å². The fourth-order valence-electron chi connectivity index (χ4n) is 0.924. The number of thiocarbonyl (C=S) groups is 1. The number of dihydropyridines is 1. The molecular weight excluding hydrogens is 204 g/mol. The van der Waals surface area contributed by atoms with Crippen molar-refractivity contribution in [3.63, 3.8) is 0 Å². The first-order valence-electron chi connectivity index (χ1n) is 3.73. The highest BCUT2D eigenvalue weighted by molar-refractivity contribution is 7.81. The van der Waals surface area contributed by atoms with Crippen LogP contribution in [-0.2, 0) is 14.3 Å². The van der Waals surface area contributed by atoms with Crippen LogP contribution in [0.15, 0.2) is 17.1 Å². The lowest BCUT2D eigenvalue weighted by molar-refractivity contribution is -0.140. The lowest BCUT2D eigenvalue weighted by Crippen LogP contribution is -2.34. The van der Waals surface area contributed by atoms with Crippen LogP contribution in [0.3, 0.4) is 0 Å². The number of amides is 1. The molecule has 0 aromatic heterocycles. The number of ether oxygens (including phenoxy) is 1. The van der Waals surface area contributed by atoms with Crippen molar-refractivity contribution in [2.75, 3.05) is 7.11 Å². The average molecular weight is 212 g/mol. The second-order valence-corrected chi connectivity index (χ2v) is 3.01. The van der Waals surface area contributed by atoms with Gasteiger partial charge in [0, 0.05) is 0 Å². The van der Waals surface area contributed by atoms with Crippen LogP contribution in [-0.4, -0.2) is 35.6 Å². The largest absolute Gasteiger partial charge is 0.467 e. The normalized spacial score (nSPS) is 20.2. The summed E-state index contributed by atoms with van der Waals surface area (Å²) in [5.74, 6) is -1.30. The van der Waals surface area contributed by atoms with E-state index in [1.165, 1.54) is 19.3 Å². The SMILES string of the molecule is COC(=O)C1N=C(C(N)=O)C=CC1=S. The molecule has 1 unspecified atom stereocenters. The molecule has 0 spiro atoms. The number of nitrogens with zero attached hydrogens (tertiary/aromatic N) is 1. The van der Waals surface area contributed by atoms with Gasteiger partial charge in [-0.15, -0.1) is 0 Å². The van der Waals surface area contributed by atoms with Crippen LogP contribution in [0.1, 0.15) is 0 Å². The van der Waals surface area contributed by atoms with Crippen molar-refractivity contribution in [2.24, 2.45) is 10.7 Å². The molecule has 2 N–H and O–H groups in total. The molecule has 6 heteroatoms. The first-order valence-corrected chi connectivity index (χ1v) is 4.14. The first kappa shape index (κ1) is 10.5. The number of hydrogen-bond donors (Lipinski definition) is 1. The summed E-state index contributed by atoms with van der Waals surface area (Å²) in [4.78, 5) is 26.0. The quantitative estimate of drug-likeness (QED) is 0.489. The van der Waals surface area contributed by atoms with Gasteiger partial charge in [0.1, 0.15) is 5.71 Å². The maximum absolute atomic E-state index is 11.1. The molecule has 1 aliphatic heterocycles. The van der Waals surface area contributed by atoms with Crippen LogP contribution in [0.5, 0.6) is 0 Å². The van der Waals surface area contributed by atoms with Gasteiger partial charge in [0.15, 0.2) is 6.04 Å². The van der Waals surface area contributed by atoms with Gasteiger partial charge in [-0.05, 0) is 12.2 Å². The van der Waals surface area contributed by atoms with E-state index in [1.807, 2.05) is 0 Å². The molecule has 0 fully saturated rings. The second-order valence-electron chi connectivity index (χ2n) is 2.54. The topological polar surface area (TPSA) is 81.8 Å². The molecule has 0 aliphatic carbocycles. The molecule has 74 valence electrons. The van der Waals surface area contributed by atoms with Crippen molar-refractivity contribution in [1.29, 1.82) is 0 Å². The van der Waals surface area contributed by atoms with E-state index in [-0.39, 0.29) is 5.71 Å². The number of carbonyl (C=O) groups excluding carboxylic acids is 2. The summed E-state index contributed by atoms with van der Waals surface area (Å²) in [5.41, 5.74) is 5.02. The molecule has 0 saturated heterocycles. The molecule has 0 aromatic carbocycles. The van der Waals surface area contributed by atoms with E-state index in [0.717, 1.165) is 0 Å². The fraction of sp³-hybridized carbons (Fsp3) is 0.250. The maximum Gasteiger partial charge on any atom is 0.336 e. The molecular formula is C8H8N2O3S. The molecule has 1 aliphatic rings. The molecule has 1 atom stereocenters. The Labute approximate surface area is 85.6 Å². The van der Waals surface area contributed by atoms with Crippen molar-refractivity contribution >= 4 is 34.7 Å². The second kappa shape index (κ2) is 4.10. The molecule has 1 heterocycles. The number of primary amides is 1. The molecule has 1 rings (SSSR count). The Morgan fingerprint density at radius 1 is 1.57 bits per heavy atom. The Balaban J connectivity index is 2.96. The van der Waals surface area contributed by atoms with Crippen LogP contribution < -0.4 is 5.73 Å². The summed E-state index contributed by atoms with van der Waals surface area (Å²) >= 11 is 4.86. The van der Waals surface area contributed by atoms with Gasteiger partial charge in [0.25, 0.3) is 5.91 Å². The highest BCUT2D eigenvalue weighted by Gasteiger charge is 2.25. The van der Waals surface area contributed by atoms with E-state index >= 15 is 0 Å². The lowest BCUT2D eigenvalue weighted by Gasteiger charge is -2.13. The van der Waals surface area contributed by atoms with Gasteiger partial charge in [0.05, 0.1) is 12.0 Å². The van der Waals surface area contributed by atoms with Gasteiger partial charge >= 0.3 is 5.97 Å². The zero-order valence-electron chi connectivity index (χ0n) is 7.39. The van der Waals surface area contributed by atoms with Crippen LogP contribution in [0, 0.1) is 0 Å². The summed E-state index contributed by atoms with van der Waals surface area (Å²) in [6.07, 6.45) is 2.83. The Morgan fingerprint density at radius 2 is 2.21 bits per heavy atom. The number of carbonyl (C=O) groups is 2. The maximum atomic E-state index is 11.1. The summed E-state index contributed by atoms with van der Waals surface area (Å²) in [7, 11) is 1.22. The van der Waals surface area contributed by atoms with Crippen molar-refractivity contribution in [3.8, 4) is 0 Å². The van der Waals surface area contributed by atoms with Gasteiger partial charge in [-0.1, -0.05) is 12.2 Å². The van der Waals surface area contributed by atoms with Crippen molar-refractivity contribution in [2.45, 2.75) is 6.04 Å². The predicted octanol–water partition coefficient (Wildman–Crippen LogP) is -0.606. The average Bonchev–Trinajstić information content (AvgIpc) is 2.17. The molecule has 1 amide bonds. The smallest absolute Gasteiger partial charge is 0.336 e. The van der Waals surface area contributed by atoms with Crippen LogP contribution in [0.4, 0.5) is 0 Å². The molecule has 0 aromatic rings. The Bertz CT molecular complexity index is 360. The summed E-state index contributed by atoms with van der Waals surface area (Å²) in [6, 6.07) is -0.928. The standard InChI is InChI=1S/C8H8N2O3S/c1-13-8(12)6-5(14)3-2-4(10-6)7(9)11/h2-3,6H,1H3,(H2,9,11). The minimum absolute atomic E-state index is 0.0222. The van der Waals surface area contributed by atoms with E-state index in [1.54, 1.807) is 0 Å². The summed E-state index contributed by atoms with van der Waals surface area (Å²) in [5, 5.41) is 0. The monoisotopic (exact) mass is 212 g/mol. The van der Waals surface area contributed by atoms with Gasteiger partial charge < -0.3 is 10.5 Å². The molecule has 5 nitrogen and oxygen atoms in total. The summed E-state index contributed by atoms with van der Waals surface area (Å²) < 4.78 is 4.47. The summed E-state index contributed by atoms with van der Waals surface area (Å²) in [6.45, 7) is 0. The number of nitrogens with two attached hydrogens (primary N) is 1. The zero-order valence-corrected chi connectivity index (χ0v) is 8.21. The zero-order chi connectivity index (χ0) is 10.7. The van der Waals surface area contributed by atoms with E-state index in [9.17, 15) is 9.59 Å². The van der Waals surface area contributed by atoms with Crippen molar-refractivity contribution < 1.29 is 14.3 Å². The minimum Gasteiger partial charge on any atom is -0.467 e. The minimum atomic E-state index is -0.928. The molecule has 14 heavy (non-hydrogen) atoms. The number of hydrogen-bond acceptors (Lipinski definition) is 5. The highest BCUT2D eigenvalue weighted by Crippen LogP contribution is 2.07. The van der Waals surface area contributed by atoms with Gasteiger partial charge in [-0.3, -0.25) is 9.79 Å². The first-order chi connectivity index (χ1) is 6.56. The predicted molar refractivity (Wildman–Crippen MR) is 54.2 cm³/mol. The Kier molecular flexibility index (Phi) is 3.08. The van der Waals surface area contributed by atoms with E-state index < -0.39 is 17.9 Å². The third-order valence-corrected chi connectivity index (χ3v) is 1.98. The van der Waals surface area contributed by atoms with Gasteiger partial charge in [0.2, 0.25) is 0 Å². The molecule has 0 saturated carbocycles. The third-order valence-electron chi connectivity index (χ3n) is 1.62. The molecule has 0 bridgehead atoms. The number of rotatable bonds is 2.